The summed E-state index contributed by atoms with van der Waals surface area (Å²) in [7, 11) is 0. The van der Waals surface area contributed by atoms with Crippen LogP contribution in [0.4, 0.5) is 0 Å². The first-order valence-electron chi connectivity index (χ1n) is 10.2. The monoisotopic (exact) mass is 363 g/mol. The number of benzene rings is 1. The molecule has 1 aromatic rings. The van der Waals surface area contributed by atoms with Gasteiger partial charge in [-0.05, 0) is 65.9 Å². The van der Waals surface area contributed by atoms with Gasteiger partial charge in [0.1, 0.15) is 0 Å². The Kier molecular flexibility index (Phi) is 6.46. The van der Waals surface area contributed by atoms with Crippen molar-refractivity contribution in [3.05, 3.63) is 64.8 Å². The summed E-state index contributed by atoms with van der Waals surface area (Å²) in [5, 5.41) is 7.60. The van der Waals surface area contributed by atoms with Gasteiger partial charge in [-0.1, -0.05) is 62.3 Å². The van der Waals surface area contributed by atoms with E-state index in [0.717, 1.165) is 17.9 Å². The lowest BCUT2D eigenvalue weighted by Crippen LogP contribution is -2.38. The quantitative estimate of drug-likeness (QED) is 0.483. The van der Waals surface area contributed by atoms with Crippen LogP contribution in [0, 0.1) is 17.2 Å². The predicted molar refractivity (Wildman–Crippen MR) is 116 cm³/mol. The zero-order valence-corrected chi connectivity index (χ0v) is 16.6. The van der Waals surface area contributed by atoms with Gasteiger partial charge in [-0.25, -0.2) is 0 Å². The second-order valence-electron chi connectivity index (χ2n) is 8.21. The molecule has 1 fully saturated rings. The largest absolute Gasteiger partial charge is 0.315 e. The van der Waals surface area contributed by atoms with Crippen LogP contribution in [-0.4, -0.2) is 12.4 Å². The fraction of sp³-hybridized carbons (Fsp3) is 0.458. The van der Waals surface area contributed by atoms with E-state index in [1.807, 2.05) is 6.08 Å². The van der Waals surface area contributed by atoms with Crippen molar-refractivity contribution in [2.45, 2.75) is 58.0 Å². The van der Waals surface area contributed by atoms with Gasteiger partial charge in [-0.2, -0.15) is 0 Å². The van der Waals surface area contributed by atoms with E-state index in [4.69, 9.17) is 16.9 Å². The molecular weight excluding hydrogens is 330 g/mol. The van der Waals surface area contributed by atoms with Gasteiger partial charge < -0.3 is 16.9 Å². The van der Waals surface area contributed by atoms with Crippen molar-refractivity contribution in [1.29, 1.82) is 5.41 Å². The van der Waals surface area contributed by atoms with Crippen molar-refractivity contribution in [2.24, 2.45) is 23.3 Å². The summed E-state index contributed by atoms with van der Waals surface area (Å²) in [6, 6.07) is 9.16. The Morgan fingerprint density at radius 2 is 1.96 bits per heavy atom. The molecule has 1 aromatic carbocycles. The molecule has 3 heteroatoms. The molecule has 3 rings (SSSR count). The number of hydrogen-bond acceptors (Lipinski definition) is 3. The van der Waals surface area contributed by atoms with Crippen molar-refractivity contribution >= 4 is 11.8 Å². The lowest BCUT2D eigenvalue weighted by Gasteiger charge is -2.23. The van der Waals surface area contributed by atoms with Gasteiger partial charge in [0, 0.05) is 12.1 Å². The molecule has 0 radical (unpaired) electrons. The van der Waals surface area contributed by atoms with Gasteiger partial charge in [0.15, 0.2) is 0 Å². The summed E-state index contributed by atoms with van der Waals surface area (Å²) in [4.78, 5) is 0. The Balaban J connectivity index is 2.00. The highest BCUT2D eigenvalue weighted by Crippen LogP contribution is 2.38. The van der Waals surface area contributed by atoms with E-state index in [9.17, 15) is 0 Å². The number of allylic oxidation sites excluding steroid dienone is 5. The SMILES string of the molecule is C/C(=C\C(C=N)C(N)N)C1=C(c2cccc(C3CCCC3)c2)CC(C)C=C1. The third-order valence-electron chi connectivity index (χ3n) is 6.01. The van der Waals surface area contributed by atoms with Crippen LogP contribution in [0.3, 0.4) is 0 Å². The van der Waals surface area contributed by atoms with Crippen LogP contribution in [0.2, 0.25) is 0 Å². The van der Waals surface area contributed by atoms with Gasteiger partial charge in [0.25, 0.3) is 0 Å². The highest BCUT2D eigenvalue weighted by atomic mass is 14.9. The Bertz CT molecular complexity index is 764. The van der Waals surface area contributed by atoms with Crippen LogP contribution in [0.15, 0.2) is 53.6 Å². The average Bonchev–Trinajstić information content (AvgIpc) is 3.20. The summed E-state index contributed by atoms with van der Waals surface area (Å²) < 4.78 is 0. The molecule has 1 saturated carbocycles. The second kappa shape index (κ2) is 8.81. The second-order valence-corrected chi connectivity index (χ2v) is 8.21. The molecule has 2 atom stereocenters. The van der Waals surface area contributed by atoms with Crippen LogP contribution in [0.1, 0.15) is 63.0 Å². The van der Waals surface area contributed by atoms with E-state index in [1.165, 1.54) is 54.2 Å². The Morgan fingerprint density at radius 3 is 2.63 bits per heavy atom. The van der Waals surface area contributed by atoms with E-state index in [-0.39, 0.29) is 5.92 Å². The number of nitrogens with one attached hydrogen (secondary N) is 1. The highest BCUT2D eigenvalue weighted by molar-refractivity contribution is 5.77. The zero-order chi connectivity index (χ0) is 19.4. The van der Waals surface area contributed by atoms with Crippen molar-refractivity contribution in [1.82, 2.24) is 0 Å². The normalized spacial score (nSPS) is 22.6. The molecular formula is C24H33N3. The van der Waals surface area contributed by atoms with Gasteiger partial charge in [-0.3, -0.25) is 0 Å². The van der Waals surface area contributed by atoms with Crippen LogP contribution < -0.4 is 11.5 Å². The van der Waals surface area contributed by atoms with Gasteiger partial charge in [-0.15, -0.1) is 0 Å². The van der Waals surface area contributed by atoms with Crippen molar-refractivity contribution in [2.75, 3.05) is 0 Å². The predicted octanol–water partition coefficient (Wildman–Crippen LogP) is 5.15. The maximum Gasteiger partial charge on any atom is 0.0636 e. The number of hydrogen-bond donors (Lipinski definition) is 3. The third-order valence-corrected chi connectivity index (χ3v) is 6.01. The molecule has 3 nitrogen and oxygen atoms in total. The topological polar surface area (TPSA) is 75.9 Å². The average molecular weight is 364 g/mol. The van der Waals surface area contributed by atoms with Crippen molar-refractivity contribution in [3.63, 3.8) is 0 Å². The lowest BCUT2D eigenvalue weighted by atomic mass is 9.82. The van der Waals surface area contributed by atoms with E-state index in [2.05, 4.69) is 50.3 Å². The first kappa shape index (κ1) is 19.8. The summed E-state index contributed by atoms with van der Waals surface area (Å²) in [6.07, 6.45) is 13.7. The minimum atomic E-state index is -0.543. The first-order valence-corrected chi connectivity index (χ1v) is 10.2. The molecule has 0 aliphatic heterocycles. The standard InChI is InChI=1S/C24H33N3/c1-16-10-11-22(17(2)13-21(15-25)24(26)27)23(12-16)20-9-5-8-19(14-20)18-6-3-4-7-18/h5,8-11,13-16,18,21,24-25H,3-4,6-7,12,26-27H2,1-2H3/b17-13+,25-15?. The molecule has 0 spiro atoms. The van der Waals surface area contributed by atoms with E-state index < -0.39 is 6.17 Å². The molecule has 144 valence electrons. The maximum atomic E-state index is 7.60. The Morgan fingerprint density at radius 1 is 1.22 bits per heavy atom. The van der Waals surface area contributed by atoms with Gasteiger partial charge in [0.05, 0.1) is 6.17 Å². The van der Waals surface area contributed by atoms with Crippen LogP contribution in [0.25, 0.3) is 5.57 Å². The number of rotatable bonds is 6. The van der Waals surface area contributed by atoms with Crippen LogP contribution >= 0.6 is 0 Å². The molecule has 27 heavy (non-hydrogen) atoms. The lowest BCUT2D eigenvalue weighted by molar-refractivity contribution is 0.638. The third kappa shape index (κ3) is 4.66. The van der Waals surface area contributed by atoms with Gasteiger partial charge in [0.2, 0.25) is 0 Å². The molecule has 2 aliphatic carbocycles. The van der Waals surface area contributed by atoms with E-state index in [0.29, 0.717) is 5.92 Å². The van der Waals surface area contributed by atoms with E-state index in [1.54, 1.807) is 0 Å². The summed E-state index contributed by atoms with van der Waals surface area (Å²) in [5.41, 5.74) is 18.3. The highest BCUT2D eigenvalue weighted by Gasteiger charge is 2.20. The summed E-state index contributed by atoms with van der Waals surface area (Å²) >= 11 is 0. The minimum Gasteiger partial charge on any atom is -0.315 e. The summed E-state index contributed by atoms with van der Waals surface area (Å²) in [6.45, 7) is 4.37. The van der Waals surface area contributed by atoms with Gasteiger partial charge >= 0.3 is 0 Å². The molecule has 0 saturated heterocycles. The molecule has 0 bridgehead atoms. The Labute approximate surface area is 163 Å². The maximum absolute atomic E-state index is 7.60. The molecule has 2 unspecified atom stereocenters. The fourth-order valence-electron chi connectivity index (χ4n) is 4.39. The summed E-state index contributed by atoms with van der Waals surface area (Å²) in [5.74, 6) is 1.01. The zero-order valence-electron chi connectivity index (χ0n) is 16.6. The smallest absolute Gasteiger partial charge is 0.0636 e. The van der Waals surface area contributed by atoms with E-state index >= 15 is 0 Å². The minimum absolute atomic E-state index is 0.240. The molecule has 0 heterocycles. The first-order chi connectivity index (χ1) is 13.0. The molecule has 0 aromatic heterocycles. The Hall–Kier alpha value is -1.97. The van der Waals surface area contributed by atoms with Crippen molar-refractivity contribution < 1.29 is 0 Å². The van der Waals surface area contributed by atoms with Crippen molar-refractivity contribution in [3.8, 4) is 0 Å². The fourth-order valence-corrected chi connectivity index (χ4v) is 4.39. The van der Waals surface area contributed by atoms with Crippen LogP contribution in [-0.2, 0) is 0 Å². The van der Waals surface area contributed by atoms with Crippen LogP contribution in [0.5, 0.6) is 0 Å². The molecule has 5 N–H and O–H groups in total. The molecule has 0 amide bonds. The molecule has 2 aliphatic rings. The number of nitrogens with two attached hydrogens (primary N) is 2.